The van der Waals surface area contributed by atoms with Crippen LogP contribution in [-0.4, -0.2) is 24.2 Å². The van der Waals surface area contributed by atoms with Crippen LogP contribution in [0.25, 0.3) is 10.8 Å². The summed E-state index contributed by atoms with van der Waals surface area (Å²) in [4.78, 5) is 4.16. The van der Waals surface area contributed by atoms with Gasteiger partial charge in [-0.15, -0.1) is 0 Å². The van der Waals surface area contributed by atoms with Crippen LogP contribution in [0, 0.1) is 5.92 Å². The first-order valence-corrected chi connectivity index (χ1v) is 7.22. The van der Waals surface area contributed by atoms with Crippen molar-refractivity contribution in [2.24, 2.45) is 5.92 Å². The summed E-state index contributed by atoms with van der Waals surface area (Å²) in [5.74, 6) is 0.665. The van der Waals surface area contributed by atoms with Crippen LogP contribution >= 0.6 is 0 Å². The van der Waals surface area contributed by atoms with Crippen LogP contribution in [0.3, 0.4) is 0 Å². The highest BCUT2D eigenvalue weighted by Gasteiger charge is 2.20. The summed E-state index contributed by atoms with van der Waals surface area (Å²) in [6.45, 7) is 4.01. The number of nitrogens with zero attached hydrogens (tertiary/aromatic N) is 1. The number of nitrogens with two attached hydrogens (primary N) is 1. The molecule has 0 aliphatic carbocycles. The van der Waals surface area contributed by atoms with Crippen molar-refractivity contribution in [3.8, 4) is 0 Å². The second-order valence-electron chi connectivity index (χ2n) is 5.51. The second kappa shape index (κ2) is 5.67. The molecule has 1 aromatic carbocycles. The number of hydrogen-bond donors (Lipinski definition) is 2. The smallest absolute Gasteiger partial charge is 0.0469 e. The Hall–Kier alpha value is -1.81. The number of nitrogen functional groups attached to an aromatic ring is 1. The fourth-order valence-electron chi connectivity index (χ4n) is 2.92. The molecule has 1 saturated heterocycles. The first-order chi connectivity index (χ1) is 9.75. The van der Waals surface area contributed by atoms with Crippen molar-refractivity contribution in [3.05, 3.63) is 30.6 Å². The lowest BCUT2D eigenvalue weighted by Crippen LogP contribution is -2.31. The van der Waals surface area contributed by atoms with E-state index >= 15 is 0 Å². The molecule has 3 N–H and O–H groups in total. The summed E-state index contributed by atoms with van der Waals surface area (Å²) in [6, 6.07) is 6.46. The van der Waals surface area contributed by atoms with Crippen LogP contribution in [0.2, 0.25) is 0 Å². The lowest BCUT2D eigenvalue weighted by molar-refractivity contribution is 0.0622. The van der Waals surface area contributed by atoms with Gasteiger partial charge in [0.25, 0.3) is 0 Å². The zero-order chi connectivity index (χ0) is 13.9. The lowest BCUT2D eigenvalue weighted by atomic mass is 9.92. The summed E-state index contributed by atoms with van der Waals surface area (Å²) in [5, 5.41) is 5.79. The van der Waals surface area contributed by atoms with Gasteiger partial charge in [0.2, 0.25) is 0 Å². The van der Waals surface area contributed by atoms with Gasteiger partial charge in [0, 0.05) is 53.8 Å². The van der Waals surface area contributed by atoms with E-state index in [9.17, 15) is 0 Å². The van der Waals surface area contributed by atoms with Gasteiger partial charge in [0.1, 0.15) is 0 Å². The van der Waals surface area contributed by atoms with Crippen LogP contribution in [0.1, 0.15) is 19.8 Å². The molecule has 1 atom stereocenters. The van der Waals surface area contributed by atoms with Crippen LogP contribution in [0.15, 0.2) is 30.6 Å². The molecule has 2 aromatic rings. The van der Waals surface area contributed by atoms with Crippen molar-refractivity contribution in [1.82, 2.24) is 4.98 Å². The normalized spacial score (nSPS) is 18.1. The van der Waals surface area contributed by atoms with Gasteiger partial charge in [-0.3, -0.25) is 4.98 Å². The number of pyridine rings is 1. The number of nitrogens with one attached hydrogen (secondary N) is 1. The maximum Gasteiger partial charge on any atom is 0.0469 e. The monoisotopic (exact) mass is 271 g/mol. The highest BCUT2D eigenvalue weighted by atomic mass is 16.5. The molecule has 0 spiro atoms. The van der Waals surface area contributed by atoms with E-state index in [0.29, 0.717) is 12.0 Å². The molecular weight excluding hydrogens is 250 g/mol. The fourth-order valence-corrected chi connectivity index (χ4v) is 2.92. The first kappa shape index (κ1) is 13.2. The molecule has 3 rings (SSSR count). The predicted molar refractivity (Wildman–Crippen MR) is 82.8 cm³/mol. The highest BCUT2D eigenvalue weighted by Crippen LogP contribution is 2.29. The Kier molecular flexibility index (Phi) is 3.74. The molecule has 0 saturated carbocycles. The van der Waals surface area contributed by atoms with E-state index in [0.717, 1.165) is 48.2 Å². The molecular formula is C16H21N3O. The van der Waals surface area contributed by atoms with Gasteiger partial charge in [-0.1, -0.05) is 0 Å². The largest absolute Gasteiger partial charge is 0.398 e. The molecule has 1 aromatic heterocycles. The van der Waals surface area contributed by atoms with Crippen LogP contribution < -0.4 is 11.1 Å². The molecule has 1 aliphatic heterocycles. The Balaban J connectivity index is 1.85. The average Bonchev–Trinajstić information content (AvgIpc) is 2.51. The fraction of sp³-hybridized carbons (Fsp3) is 0.438. The van der Waals surface area contributed by atoms with E-state index in [1.54, 1.807) is 0 Å². The van der Waals surface area contributed by atoms with Crippen LogP contribution in [-0.2, 0) is 4.74 Å². The summed E-state index contributed by atoms with van der Waals surface area (Å²) >= 11 is 0. The van der Waals surface area contributed by atoms with Crippen molar-refractivity contribution in [1.29, 1.82) is 0 Å². The molecule has 0 amide bonds. The van der Waals surface area contributed by atoms with Crippen LogP contribution in [0.5, 0.6) is 0 Å². The average molecular weight is 271 g/mol. The van der Waals surface area contributed by atoms with Crippen molar-refractivity contribution >= 4 is 22.1 Å². The van der Waals surface area contributed by atoms with Gasteiger partial charge in [-0.25, -0.2) is 0 Å². The van der Waals surface area contributed by atoms with Crippen molar-refractivity contribution in [2.45, 2.75) is 25.8 Å². The molecule has 4 heteroatoms. The topological polar surface area (TPSA) is 60.2 Å². The van der Waals surface area contributed by atoms with E-state index < -0.39 is 0 Å². The Morgan fingerprint density at radius 1 is 1.25 bits per heavy atom. The molecule has 1 fully saturated rings. The molecule has 0 bridgehead atoms. The quantitative estimate of drug-likeness (QED) is 0.842. The summed E-state index contributed by atoms with van der Waals surface area (Å²) in [6.07, 6.45) is 5.90. The van der Waals surface area contributed by atoms with Gasteiger partial charge in [0.05, 0.1) is 0 Å². The Morgan fingerprint density at radius 2 is 2.05 bits per heavy atom. The summed E-state index contributed by atoms with van der Waals surface area (Å²) < 4.78 is 5.43. The second-order valence-corrected chi connectivity index (χ2v) is 5.51. The number of fused-ring (bicyclic) bond motifs is 1. The summed E-state index contributed by atoms with van der Waals surface area (Å²) in [5.41, 5.74) is 7.92. The van der Waals surface area contributed by atoms with E-state index in [2.05, 4.69) is 23.3 Å². The molecule has 4 nitrogen and oxygen atoms in total. The third kappa shape index (κ3) is 2.56. The van der Waals surface area contributed by atoms with Gasteiger partial charge in [-0.05, 0) is 43.9 Å². The number of anilines is 2. The molecule has 1 unspecified atom stereocenters. The van der Waals surface area contributed by atoms with Gasteiger partial charge in [0.15, 0.2) is 0 Å². The maximum absolute atomic E-state index is 6.01. The van der Waals surface area contributed by atoms with Gasteiger partial charge < -0.3 is 15.8 Å². The Bertz CT molecular complexity index is 593. The van der Waals surface area contributed by atoms with E-state index in [-0.39, 0.29) is 0 Å². The zero-order valence-electron chi connectivity index (χ0n) is 11.8. The van der Waals surface area contributed by atoms with Gasteiger partial charge in [-0.2, -0.15) is 0 Å². The standard InChI is InChI=1S/C16H21N3O/c1-11(12-5-8-20-9-6-12)19-16-3-2-15(17)14-10-18-7-4-13(14)16/h2-4,7,10-12,19H,5-6,8-9,17H2,1H3. The number of ether oxygens (including phenoxy) is 1. The van der Waals surface area contributed by atoms with Gasteiger partial charge >= 0.3 is 0 Å². The molecule has 0 radical (unpaired) electrons. The molecule has 2 heterocycles. The van der Waals surface area contributed by atoms with Crippen LogP contribution in [0.4, 0.5) is 11.4 Å². The number of benzene rings is 1. The van der Waals surface area contributed by atoms with Crippen molar-refractivity contribution in [2.75, 3.05) is 24.3 Å². The van der Waals surface area contributed by atoms with E-state index in [1.807, 2.05) is 24.5 Å². The molecule has 106 valence electrons. The third-order valence-corrected chi connectivity index (χ3v) is 4.21. The van der Waals surface area contributed by atoms with Crippen molar-refractivity contribution in [3.63, 3.8) is 0 Å². The van der Waals surface area contributed by atoms with E-state index in [4.69, 9.17) is 10.5 Å². The number of aromatic nitrogens is 1. The minimum Gasteiger partial charge on any atom is -0.398 e. The SMILES string of the molecule is CC(Nc1ccc(N)c2cnccc12)C1CCOCC1. The first-order valence-electron chi connectivity index (χ1n) is 7.22. The number of hydrogen-bond acceptors (Lipinski definition) is 4. The highest BCUT2D eigenvalue weighted by molar-refractivity contribution is 6.00. The Morgan fingerprint density at radius 3 is 2.85 bits per heavy atom. The minimum atomic E-state index is 0.430. The minimum absolute atomic E-state index is 0.430. The lowest BCUT2D eigenvalue weighted by Gasteiger charge is -2.29. The van der Waals surface area contributed by atoms with E-state index in [1.165, 1.54) is 0 Å². The summed E-state index contributed by atoms with van der Waals surface area (Å²) in [7, 11) is 0. The molecule has 1 aliphatic rings. The number of rotatable bonds is 3. The predicted octanol–water partition coefficient (Wildman–Crippen LogP) is 3.04. The maximum atomic E-state index is 6.01. The Labute approximate surface area is 119 Å². The zero-order valence-corrected chi connectivity index (χ0v) is 11.8. The molecule has 20 heavy (non-hydrogen) atoms. The van der Waals surface area contributed by atoms with Crippen molar-refractivity contribution < 1.29 is 4.74 Å². The third-order valence-electron chi connectivity index (χ3n) is 4.21.